The van der Waals surface area contributed by atoms with Crippen LogP contribution in [0, 0.1) is 0 Å². The standard InChI is InChI=1S/C8H16N2O/c1-4-6-8(11-3)7(5-2)10-9/h6H,4-5,9H2,1-3H3/b8-6+,10-7+. The molecule has 0 aliphatic rings. The number of methoxy groups -OCH3 is 1. The monoisotopic (exact) mass is 156 g/mol. The van der Waals surface area contributed by atoms with E-state index < -0.39 is 0 Å². The van der Waals surface area contributed by atoms with E-state index in [4.69, 9.17) is 10.6 Å². The van der Waals surface area contributed by atoms with Gasteiger partial charge in [0.15, 0.2) is 0 Å². The Bertz CT molecular complexity index is 161. The van der Waals surface area contributed by atoms with Crippen molar-refractivity contribution in [3.63, 3.8) is 0 Å². The quantitative estimate of drug-likeness (QED) is 0.291. The van der Waals surface area contributed by atoms with Gasteiger partial charge >= 0.3 is 0 Å². The molecule has 3 nitrogen and oxygen atoms in total. The van der Waals surface area contributed by atoms with Gasteiger partial charge < -0.3 is 10.6 Å². The largest absolute Gasteiger partial charge is 0.495 e. The SMILES string of the molecule is CC/C=C(OC)\C(CC)=N\N. The summed E-state index contributed by atoms with van der Waals surface area (Å²) in [6.45, 7) is 4.04. The van der Waals surface area contributed by atoms with Crippen molar-refractivity contribution >= 4 is 5.71 Å². The van der Waals surface area contributed by atoms with Crippen LogP contribution in [0.25, 0.3) is 0 Å². The molecule has 0 rings (SSSR count). The third-order valence-corrected chi connectivity index (χ3v) is 1.38. The summed E-state index contributed by atoms with van der Waals surface area (Å²) in [4.78, 5) is 0. The molecule has 0 aromatic heterocycles. The fourth-order valence-electron chi connectivity index (χ4n) is 0.833. The lowest BCUT2D eigenvalue weighted by Crippen LogP contribution is -2.06. The van der Waals surface area contributed by atoms with Crippen molar-refractivity contribution in [2.24, 2.45) is 10.9 Å². The molecule has 0 radical (unpaired) electrons. The molecule has 0 unspecified atom stereocenters. The van der Waals surface area contributed by atoms with E-state index in [2.05, 4.69) is 5.10 Å². The number of hydrogen-bond donors (Lipinski definition) is 1. The summed E-state index contributed by atoms with van der Waals surface area (Å²) in [6, 6.07) is 0. The molecule has 0 amide bonds. The highest BCUT2D eigenvalue weighted by molar-refractivity contribution is 5.97. The van der Waals surface area contributed by atoms with Crippen LogP contribution in [0.5, 0.6) is 0 Å². The van der Waals surface area contributed by atoms with E-state index >= 15 is 0 Å². The topological polar surface area (TPSA) is 47.6 Å². The van der Waals surface area contributed by atoms with E-state index in [-0.39, 0.29) is 0 Å². The number of hydrogen-bond acceptors (Lipinski definition) is 3. The van der Waals surface area contributed by atoms with Crippen LogP contribution in [0.15, 0.2) is 16.9 Å². The van der Waals surface area contributed by atoms with Crippen molar-refractivity contribution in [1.29, 1.82) is 0 Å². The molecule has 0 aliphatic carbocycles. The van der Waals surface area contributed by atoms with Crippen LogP contribution in [0.1, 0.15) is 26.7 Å². The first kappa shape index (κ1) is 10.0. The fourth-order valence-corrected chi connectivity index (χ4v) is 0.833. The zero-order valence-corrected chi connectivity index (χ0v) is 7.42. The summed E-state index contributed by atoms with van der Waals surface area (Å²) in [6.07, 6.45) is 3.70. The minimum absolute atomic E-state index is 0.789. The predicted molar refractivity (Wildman–Crippen MR) is 47.3 cm³/mol. The van der Waals surface area contributed by atoms with Crippen molar-refractivity contribution in [2.75, 3.05) is 7.11 Å². The maximum atomic E-state index is 5.16. The molecule has 64 valence electrons. The van der Waals surface area contributed by atoms with Crippen LogP contribution < -0.4 is 5.84 Å². The molecule has 0 heterocycles. The Labute approximate surface area is 67.9 Å². The van der Waals surface area contributed by atoms with E-state index in [9.17, 15) is 0 Å². The van der Waals surface area contributed by atoms with Crippen LogP contribution in [0.3, 0.4) is 0 Å². The third-order valence-electron chi connectivity index (χ3n) is 1.38. The Balaban J connectivity index is 4.35. The molecule has 11 heavy (non-hydrogen) atoms. The minimum Gasteiger partial charge on any atom is -0.495 e. The fraction of sp³-hybridized carbons (Fsp3) is 0.625. The van der Waals surface area contributed by atoms with Crippen LogP contribution in [0.4, 0.5) is 0 Å². The van der Waals surface area contributed by atoms with Gasteiger partial charge in [0, 0.05) is 0 Å². The van der Waals surface area contributed by atoms with Gasteiger partial charge in [-0.05, 0) is 18.9 Å². The number of rotatable bonds is 4. The lowest BCUT2D eigenvalue weighted by Gasteiger charge is -2.05. The molecule has 0 saturated heterocycles. The number of nitrogens with zero attached hydrogens (tertiary/aromatic N) is 1. The van der Waals surface area contributed by atoms with Gasteiger partial charge in [-0.2, -0.15) is 5.10 Å². The molecule has 0 atom stereocenters. The molecule has 0 fully saturated rings. The summed E-state index contributed by atoms with van der Waals surface area (Å²) in [7, 11) is 1.63. The number of hydrazone groups is 1. The second-order valence-corrected chi connectivity index (χ2v) is 2.11. The first-order valence-corrected chi connectivity index (χ1v) is 3.81. The average Bonchev–Trinajstić information content (AvgIpc) is 2.05. The zero-order valence-electron chi connectivity index (χ0n) is 7.42. The molecule has 0 bridgehead atoms. The van der Waals surface area contributed by atoms with Gasteiger partial charge in [-0.3, -0.25) is 0 Å². The summed E-state index contributed by atoms with van der Waals surface area (Å²) in [5.74, 6) is 5.95. The number of nitrogens with two attached hydrogens (primary N) is 1. The molecule has 0 spiro atoms. The van der Waals surface area contributed by atoms with E-state index in [1.807, 2.05) is 19.9 Å². The Kier molecular flexibility index (Phi) is 5.25. The highest BCUT2D eigenvalue weighted by Crippen LogP contribution is 2.03. The van der Waals surface area contributed by atoms with Gasteiger partial charge in [0.05, 0.1) is 7.11 Å². The van der Waals surface area contributed by atoms with E-state index in [0.29, 0.717) is 0 Å². The predicted octanol–water partition coefficient (Wildman–Crippen LogP) is 1.65. The second-order valence-electron chi connectivity index (χ2n) is 2.11. The smallest absolute Gasteiger partial charge is 0.138 e. The summed E-state index contributed by atoms with van der Waals surface area (Å²) >= 11 is 0. The summed E-state index contributed by atoms with van der Waals surface area (Å²) < 4.78 is 5.08. The Morgan fingerprint density at radius 1 is 1.55 bits per heavy atom. The van der Waals surface area contributed by atoms with Crippen molar-refractivity contribution in [2.45, 2.75) is 26.7 Å². The van der Waals surface area contributed by atoms with Crippen molar-refractivity contribution in [3.8, 4) is 0 Å². The van der Waals surface area contributed by atoms with Crippen LogP contribution in [0.2, 0.25) is 0 Å². The number of allylic oxidation sites excluding steroid dienone is 2. The van der Waals surface area contributed by atoms with E-state index in [1.54, 1.807) is 7.11 Å². The third kappa shape index (κ3) is 3.07. The Hall–Kier alpha value is -0.990. The zero-order chi connectivity index (χ0) is 8.69. The normalized spacial score (nSPS) is 13.4. The van der Waals surface area contributed by atoms with Crippen LogP contribution in [-0.4, -0.2) is 12.8 Å². The average molecular weight is 156 g/mol. The van der Waals surface area contributed by atoms with E-state index in [0.717, 1.165) is 24.3 Å². The van der Waals surface area contributed by atoms with Crippen molar-refractivity contribution in [1.82, 2.24) is 0 Å². The Morgan fingerprint density at radius 2 is 2.18 bits per heavy atom. The first-order valence-electron chi connectivity index (χ1n) is 3.81. The maximum absolute atomic E-state index is 5.16. The second kappa shape index (κ2) is 5.77. The highest BCUT2D eigenvalue weighted by Gasteiger charge is 2.02. The lowest BCUT2D eigenvalue weighted by atomic mass is 10.2. The van der Waals surface area contributed by atoms with Crippen molar-refractivity contribution < 1.29 is 4.74 Å². The van der Waals surface area contributed by atoms with E-state index in [1.165, 1.54) is 0 Å². The molecule has 3 heteroatoms. The van der Waals surface area contributed by atoms with Crippen LogP contribution >= 0.6 is 0 Å². The maximum Gasteiger partial charge on any atom is 0.138 e. The molecular formula is C8H16N2O. The summed E-state index contributed by atoms with van der Waals surface area (Å²) in [5.41, 5.74) is 0.814. The molecule has 0 aliphatic heterocycles. The number of ether oxygens (including phenoxy) is 1. The van der Waals surface area contributed by atoms with Crippen molar-refractivity contribution in [3.05, 3.63) is 11.8 Å². The van der Waals surface area contributed by atoms with Gasteiger partial charge in [0.25, 0.3) is 0 Å². The lowest BCUT2D eigenvalue weighted by molar-refractivity contribution is 0.312. The molecular weight excluding hydrogens is 140 g/mol. The van der Waals surface area contributed by atoms with Gasteiger partial charge in [-0.1, -0.05) is 13.8 Å². The highest BCUT2D eigenvalue weighted by atomic mass is 16.5. The van der Waals surface area contributed by atoms with Gasteiger partial charge in [-0.15, -0.1) is 0 Å². The Morgan fingerprint density at radius 3 is 2.45 bits per heavy atom. The van der Waals surface area contributed by atoms with Gasteiger partial charge in [-0.25, -0.2) is 0 Å². The summed E-state index contributed by atoms with van der Waals surface area (Å²) in [5, 5.41) is 3.62. The minimum atomic E-state index is 0.789. The molecule has 0 saturated carbocycles. The molecule has 2 N–H and O–H groups in total. The van der Waals surface area contributed by atoms with Crippen LogP contribution in [-0.2, 0) is 4.74 Å². The van der Waals surface area contributed by atoms with Gasteiger partial charge in [0.1, 0.15) is 11.5 Å². The van der Waals surface area contributed by atoms with Gasteiger partial charge in [0.2, 0.25) is 0 Å². The first-order chi connectivity index (χ1) is 5.29. The molecule has 0 aromatic rings. The molecule has 0 aromatic carbocycles.